The van der Waals surface area contributed by atoms with Gasteiger partial charge in [-0.3, -0.25) is 0 Å². The first-order valence-corrected chi connectivity index (χ1v) is 3.83. The largest absolute Gasteiger partial charge is 0.359 e. The standard InChI is InChI=1S/C6H10N2S/c1-5(2)8-6-7-3-4-9-6/h3-5H,1-2H3,(H,7,8). The first-order valence-electron chi connectivity index (χ1n) is 2.95. The van der Waals surface area contributed by atoms with Crippen LogP contribution in [0.3, 0.4) is 0 Å². The van der Waals surface area contributed by atoms with Crippen LogP contribution in [0.4, 0.5) is 5.13 Å². The van der Waals surface area contributed by atoms with E-state index in [1.165, 1.54) is 0 Å². The molecule has 0 saturated carbocycles. The Kier molecular flexibility index (Phi) is 2.05. The molecular weight excluding hydrogens is 132 g/mol. The van der Waals surface area contributed by atoms with Crippen molar-refractivity contribution in [2.24, 2.45) is 0 Å². The lowest BCUT2D eigenvalue weighted by atomic mass is 10.4. The third-order valence-electron chi connectivity index (χ3n) is 0.844. The molecule has 1 heterocycles. The van der Waals surface area contributed by atoms with E-state index in [9.17, 15) is 0 Å². The topological polar surface area (TPSA) is 24.9 Å². The number of thiazole rings is 1. The van der Waals surface area contributed by atoms with Crippen molar-refractivity contribution in [1.82, 2.24) is 4.98 Å². The van der Waals surface area contributed by atoms with Gasteiger partial charge in [-0.1, -0.05) is 0 Å². The number of hydrogen-bond donors (Lipinski definition) is 1. The van der Waals surface area contributed by atoms with Crippen LogP contribution in [-0.4, -0.2) is 11.0 Å². The number of nitrogens with one attached hydrogen (secondary N) is 1. The maximum absolute atomic E-state index is 4.06. The highest BCUT2D eigenvalue weighted by molar-refractivity contribution is 7.13. The Morgan fingerprint density at radius 1 is 1.67 bits per heavy atom. The SMILES string of the molecule is CC(C)Nc1nccs1. The molecule has 0 aliphatic heterocycles. The molecule has 0 spiro atoms. The van der Waals surface area contributed by atoms with E-state index in [0.29, 0.717) is 6.04 Å². The fourth-order valence-electron chi connectivity index (χ4n) is 0.542. The van der Waals surface area contributed by atoms with Crippen LogP contribution in [0.1, 0.15) is 13.8 Å². The Hall–Kier alpha value is -0.570. The fourth-order valence-corrected chi connectivity index (χ4v) is 1.22. The summed E-state index contributed by atoms with van der Waals surface area (Å²) < 4.78 is 0. The second kappa shape index (κ2) is 2.82. The van der Waals surface area contributed by atoms with Crippen LogP contribution in [0.2, 0.25) is 0 Å². The van der Waals surface area contributed by atoms with E-state index in [1.807, 2.05) is 5.38 Å². The van der Waals surface area contributed by atoms with Crippen LogP contribution in [0.25, 0.3) is 0 Å². The summed E-state index contributed by atoms with van der Waals surface area (Å²) in [5.74, 6) is 0. The first kappa shape index (κ1) is 6.55. The molecule has 0 aliphatic rings. The lowest BCUT2D eigenvalue weighted by molar-refractivity contribution is 0.896. The summed E-state index contributed by atoms with van der Waals surface area (Å²) >= 11 is 1.63. The fraction of sp³-hybridized carbons (Fsp3) is 0.500. The summed E-state index contributed by atoms with van der Waals surface area (Å²) in [6, 6.07) is 0.483. The molecule has 0 radical (unpaired) electrons. The quantitative estimate of drug-likeness (QED) is 0.682. The van der Waals surface area contributed by atoms with Crippen molar-refractivity contribution in [3.05, 3.63) is 11.6 Å². The zero-order chi connectivity index (χ0) is 6.69. The molecule has 1 N–H and O–H groups in total. The highest BCUT2D eigenvalue weighted by atomic mass is 32.1. The van der Waals surface area contributed by atoms with Crippen molar-refractivity contribution in [3.63, 3.8) is 0 Å². The van der Waals surface area contributed by atoms with Crippen LogP contribution in [0.15, 0.2) is 11.6 Å². The molecule has 1 aromatic rings. The molecule has 9 heavy (non-hydrogen) atoms. The molecule has 0 atom stereocenters. The maximum Gasteiger partial charge on any atom is 0.182 e. The molecule has 0 bridgehead atoms. The van der Waals surface area contributed by atoms with E-state index >= 15 is 0 Å². The zero-order valence-corrected chi connectivity index (χ0v) is 6.40. The Labute approximate surface area is 58.9 Å². The molecule has 2 nitrogen and oxygen atoms in total. The van der Waals surface area contributed by atoms with Crippen molar-refractivity contribution in [1.29, 1.82) is 0 Å². The van der Waals surface area contributed by atoms with E-state index < -0.39 is 0 Å². The second-order valence-electron chi connectivity index (χ2n) is 2.14. The van der Waals surface area contributed by atoms with E-state index in [0.717, 1.165) is 5.13 Å². The van der Waals surface area contributed by atoms with E-state index in [4.69, 9.17) is 0 Å². The van der Waals surface area contributed by atoms with Crippen molar-refractivity contribution in [2.75, 3.05) is 5.32 Å². The van der Waals surface area contributed by atoms with Crippen LogP contribution in [0.5, 0.6) is 0 Å². The molecule has 1 rings (SSSR count). The molecule has 0 unspecified atom stereocenters. The molecule has 3 heteroatoms. The molecule has 0 saturated heterocycles. The summed E-state index contributed by atoms with van der Waals surface area (Å²) in [5.41, 5.74) is 0. The number of anilines is 1. The molecule has 0 aliphatic carbocycles. The lowest BCUT2D eigenvalue weighted by Crippen LogP contribution is -2.08. The molecule has 1 aromatic heterocycles. The Bertz CT molecular complexity index is 158. The highest BCUT2D eigenvalue weighted by Crippen LogP contribution is 2.10. The van der Waals surface area contributed by atoms with Crippen LogP contribution >= 0.6 is 11.3 Å². The minimum absolute atomic E-state index is 0.483. The second-order valence-corrected chi connectivity index (χ2v) is 3.03. The number of nitrogens with zero attached hydrogens (tertiary/aromatic N) is 1. The lowest BCUT2D eigenvalue weighted by Gasteiger charge is -2.03. The minimum Gasteiger partial charge on any atom is -0.359 e. The average Bonchev–Trinajstić information content (AvgIpc) is 2.15. The molecule has 0 amide bonds. The van der Waals surface area contributed by atoms with Crippen molar-refractivity contribution in [3.8, 4) is 0 Å². The monoisotopic (exact) mass is 142 g/mol. The summed E-state index contributed by atoms with van der Waals surface area (Å²) in [7, 11) is 0. The van der Waals surface area contributed by atoms with Gasteiger partial charge in [-0.15, -0.1) is 11.3 Å². The third-order valence-corrected chi connectivity index (χ3v) is 1.55. The maximum atomic E-state index is 4.06. The molecule has 0 fully saturated rings. The number of rotatable bonds is 2. The molecule has 50 valence electrons. The van der Waals surface area contributed by atoms with Gasteiger partial charge in [0, 0.05) is 17.6 Å². The molecular formula is C6H10N2S. The predicted molar refractivity (Wildman–Crippen MR) is 40.9 cm³/mol. The van der Waals surface area contributed by atoms with Gasteiger partial charge in [-0.25, -0.2) is 4.98 Å². The average molecular weight is 142 g/mol. The van der Waals surface area contributed by atoms with Crippen molar-refractivity contribution in [2.45, 2.75) is 19.9 Å². The summed E-state index contributed by atoms with van der Waals surface area (Å²) in [6.07, 6.45) is 1.80. The smallest absolute Gasteiger partial charge is 0.182 e. The van der Waals surface area contributed by atoms with Crippen LogP contribution in [0, 0.1) is 0 Å². The first-order chi connectivity index (χ1) is 4.29. The van der Waals surface area contributed by atoms with Gasteiger partial charge in [-0.05, 0) is 13.8 Å². The predicted octanol–water partition coefficient (Wildman–Crippen LogP) is 1.96. The van der Waals surface area contributed by atoms with E-state index in [2.05, 4.69) is 24.1 Å². The van der Waals surface area contributed by atoms with E-state index in [-0.39, 0.29) is 0 Å². The highest BCUT2D eigenvalue weighted by Gasteiger charge is 1.94. The number of aromatic nitrogens is 1. The summed E-state index contributed by atoms with van der Waals surface area (Å²) in [6.45, 7) is 4.20. The molecule has 0 aromatic carbocycles. The number of hydrogen-bond acceptors (Lipinski definition) is 3. The van der Waals surface area contributed by atoms with Crippen molar-refractivity contribution < 1.29 is 0 Å². The van der Waals surface area contributed by atoms with E-state index in [1.54, 1.807) is 17.5 Å². The zero-order valence-electron chi connectivity index (χ0n) is 5.59. The van der Waals surface area contributed by atoms with Gasteiger partial charge in [-0.2, -0.15) is 0 Å². The third kappa shape index (κ3) is 2.01. The van der Waals surface area contributed by atoms with Crippen molar-refractivity contribution >= 4 is 16.5 Å². The Morgan fingerprint density at radius 2 is 2.44 bits per heavy atom. The summed E-state index contributed by atoms with van der Waals surface area (Å²) in [4.78, 5) is 4.06. The van der Waals surface area contributed by atoms with Gasteiger partial charge < -0.3 is 5.32 Å². The van der Waals surface area contributed by atoms with Gasteiger partial charge in [0.1, 0.15) is 0 Å². The Balaban J connectivity index is 2.48. The van der Waals surface area contributed by atoms with Gasteiger partial charge in [0.15, 0.2) is 5.13 Å². The normalized spacial score (nSPS) is 10.1. The van der Waals surface area contributed by atoms with Crippen LogP contribution in [-0.2, 0) is 0 Å². The van der Waals surface area contributed by atoms with Crippen LogP contribution < -0.4 is 5.32 Å². The van der Waals surface area contributed by atoms with Gasteiger partial charge in [0.05, 0.1) is 0 Å². The van der Waals surface area contributed by atoms with Gasteiger partial charge >= 0.3 is 0 Å². The Morgan fingerprint density at radius 3 is 2.89 bits per heavy atom. The van der Waals surface area contributed by atoms with Gasteiger partial charge in [0.2, 0.25) is 0 Å². The summed E-state index contributed by atoms with van der Waals surface area (Å²) in [5, 5.41) is 6.16. The minimum atomic E-state index is 0.483. The van der Waals surface area contributed by atoms with Gasteiger partial charge in [0.25, 0.3) is 0 Å².